The standard InChI is InChI=1S/C13H17N/c1-7-5-9-12(2,6-7)11-10-8-3-4-13(9,10)14(8)11/h7,9,11H,3-6H2,1-2H3. The maximum Gasteiger partial charge on any atom is 0.0695 e. The molecular formula is C13H17N. The van der Waals surface area contributed by atoms with E-state index in [1.807, 2.05) is 5.57 Å². The lowest BCUT2D eigenvalue weighted by molar-refractivity contribution is 0.0289. The highest BCUT2D eigenvalue weighted by atomic mass is 15.5. The van der Waals surface area contributed by atoms with E-state index in [-0.39, 0.29) is 0 Å². The Morgan fingerprint density at radius 3 is 3.00 bits per heavy atom. The molecule has 8 aliphatic rings. The Kier molecular flexibility index (Phi) is 0.734. The van der Waals surface area contributed by atoms with E-state index in [1.165, 1.54) is 25.7 Å². The van der Waals surface area contributed by atoms with Crippen LogP contribution in [-0.4, -0.2) is 16.5 Å². The lowest BCUT2D eigenvalue weighted by Gasteiger charge is -2.64. The zero-order valence-electron chi connectivity index (χ0n) is 9.01. The SMILES string of the molecule is CC1CC2C(C)(C1)C1C3=C4CCC32N41. The molecule has 8 rings (SSSR count). The van der Waals surface area contributed by atoms with Gasteiger partial charge >= 0.3 is 0 Å². The molecule has 5 bridgehead atoms. The lowest BCUT2D eigenvalue weighted by Crippen LogP contribution is -2.69. The van der Waals surface area contributed by atoms with Crippen LogP contribution in [0.1, 0.15) is 39.5 Å². The second kappa shape index (κ2) is 1.48. The fourth-order valence-electron chi connectivity index (χ4n) is 6.14. The minimum atomic E-state index is 0.666. The molecule has 74 valence electrons. The summed E-state index contributed by atoms with van der Waals surface area (Å²) in [6.07, 6.45) is 5.92. The van der Waals surface area contributed by atoms with Gasteiger partial charge in [-0.3, -0.25) is 0 Å². The zero-order valence-corrected chi connectivity index (χ0v) is 9.01. The summed E-state index contributed by atoms with van der Waals surface area (Å²) in [4.78, 5) is 2.83. The number of rotatable bonds is 0. The Labute approximate surface area is 85.2 Å². The van der Waals surface area contributed by atoms with Gasteiger partial charge < -0.3 is 4.90 Å². The average molecular weight is 187 g/mol. The Morgan fingerprint density at radius 1 is 1.43 bits per heavy atom. The molecule has 0 aromatic carbocycles. The van der Waals surface area contributed by atoms with Crippen molar-refractivity contribution < 1.29 is 0 Å². The summed E-state index contributed by atoms with van der Waals surface area (Å²) in [5, 5.41) is 0. The van der Waals surface area contributed by atoms with Crippen LogP contribution in [0.3, 0.4) is 0 Å². The summed E-state index contributed by atoms with van der Waals surface area (Å²) < 4.78 is 0. The molecule has 5 heterocycles. The highest BCUT2D eigenvalue weighted by Crippen LogP contribution is 2.84. The molecule has 1 heteroatoms. The first-order valence-corrected chi connectivity index (χ1v) is 6.22. The van der Waals surface area contributed by atoms with Gasteiger partial charge in [-0.15, -0.1) is 0 Å². The number of allylic oxidation sites excluding steroid dienone is 1. The largest absolute Gasteiger partial charge is 0.357 e. The molecule has 3 saturated heterocycles. The summed E-state index contributed by atoms with van der Waals surface area (Å²) in [6.45, 7) is 5.04. The second-order valence-electron chi connectivity index (χ2n) is 6.66. The normalized spacial score (nSPS) is 65.6. The van der Waals surface area contributed by atoms with Crippen LogP contribution in [0.5, 0.6) is 0 Å². The molecule has 0 aromatic heterocycles. The van der Waals surface area contributed by atoms with E-state index in [0.717, 1.165) is 17.9 Å². The highest BCUT2D eigenvalue weighted by molar-refractivity contribution is 5.66. The molecule has 1 nitrogen and oxygen atoms in total. The molecule has 5 atom stereocenters. The monoisotopic (exact) mass is 187 g/mol. The van der Waals surface area contributed by atoms with Crippen molar-refractivity contribution in [3.63, 3.8) is 0 Å². The van der Waals surface area contributed by atoms with E-state index >= 15 is 0 Å². The van der Waals surface area contributed by atoms with Crippen LogP contribution in [0, 0.1) is 17.3 Å². The first kappa shape index (κ1) is 6.92. The first-order valence-electron chi connectivity index (χ1n) is 6.22. The Bertz CT molecular complexity index is 409. The minimum Gasteiger partial charge on any atom is -0.357 e. The van der Waals surface area contributed by atoms with Crippen LogP contribution in [0.4, 0.5) is 0 Å². The van der Waals surface area contributed by atoms with E-state index in [2.05, 4.69) is 18.7 Å². The van der Waals surface area contributed by atoms with Gasteiger partial charge in [0.25, 0.3) is 0 Å². The van der Waals surface area contributed by atoms with Crippen molar-refractivity contribution in [1.29, 1.82) is 0 Å². The summed E-state index contributed by atoms with van der Waals surface area (Å²) in [5.74, 6) is 2.03. The van der Waals surface area contributed by atoms with Crippen LogP contribution >= 0.6 is 0 Å². The molecule has 0 N–H and O–H groups in total. The molecule has 1 spiro atoms. The van der Waals surface area contributed by atoms with Gasteiger partial charge in [-0.05, 0) is 48.5 Å². The molecule has 5 unspecified atom stereocenters. The van der Waals surface area contributed by atoms with Crippen molar-refractivity contribution in [2.75, 3.05) is 0 Å². The first-order chi connectivity index (χ1) is 6.69. The predicted molar refractivity (Wildman–Crippen MR) is 54.6 cm³/mol. The van der Waals surface area contributed by atoms with Crippen LogP contribution in [-0.2, 0) is 0 Å². The van der Waals surface area contributed by atoms with Crippen molar-refractivity contribution in [1.82, 2.24) is 4.90 Å². The van der Waals surface area contributed by atoms with Crippen LogP contribution in [0.25, 0.3) is 0 Å². The third-order valence-corrected chi connectivity index (χ3v) is 6.20. The van der Waals surface area contributed by atoms with E-state index in [0.29, 0.717) is 11.0 Å². The molecule has 3 aliphatic carbocycles. The van der Waals surface area contributed by atoms with Crippen molar-refractivity contribution in [2.24, 2.45) is 17.3 Å². The topological polar surface area (TPSA) is 3.24 Å². The van der Waals surface area contributed by atoms with Gasteiger partial charge in [-0.2, -0.15) is 0 Å². The van der Waals surface area contributed by atoms with Crippen LogP contribution < -0.4 is 0 Å². The summed E-state index contributed by atoms with van der Waals surface area (Å²) in [7, 11) is 0. The third kappa shape index (κ3) is 0.350. The second-order valence-corrected chi connectivity index (χ2v) is 6.66. The fraction of sp³-hybridized carbons (Fsp3) is 0.846. The quantitative estimate of drug-likeness (QED) is 0.563. The van der Waals surface area contributed by atoms with Crippen molar-refractivity contribution >= 4 is 0 Å². The van der Waals surface area contributed by atoms with Crippen molar-refractivity contribution in [3.8, 4) is 0 Å². The number of nitrogens with zero attached hydrogens (tertiary/aromatic N) is 1. The van der Waals surface area contributed by atoms with Crippen LogP contribution in [0.2, 0.25) is 0 Å². The molecule has 0 aromatic rings. The van der Waals surface area contributed by atoms with Crippen molar-refractivity contribution in [2.45, 2.75) is 51.1 Å². The maximum absolute atomic E-state index is 2.83. The van der Waals surface area contributed by atoms with E-state index in [4.69, 9.17) is 0 Å². The Morgan fingerprint density at radius 2 is 2.21 bits per heavy atom. The van der Waals surface area contributed by atoms with Gasteiger partial charge in [-0.1, -0.05) is 13.8 Å². The van der Waals surface area contributed by atoms with Gasteiger partial charge in [0.2, 0.25) is 0 Å². The summed E-state index contributed by atoms with van der Waals surface area (Å²) in [5.41, 5.74) is 5.08. The van der Waals surface area contributed by atoms with E-state index in [9.17, 15) is 0 Å². The molecule has 0 amide bonds. The third-order valence-electron chi connectivity index (χ3n) is 6.20. The minimum absolute atomic E-state index is 0.666. The average Bonchev–Trinajstić information content (AvgIpc) is 2.60. The number of hydrogen-bond acceptors (Lipinski definition) is 1. The summed E-state index contributed by atoms with van der Waals surface area (Å²) >= 11 is 0. The van der Waals surface area contributed by atoms with Crippen molar-refractivity contribution in [3.05, 3.63) is 11.3 Å². The molecule has 5 aliphatic heterocycles. The van der Waals surface area contributed by atoms with E-state index < -0.39 is 0 Å². The molecule has 2 saturated carbocycles. The summed E-state index contributed by atoms with van der Waals surface area (Å²) in [6, 6.07) is 0.926. The number of fused-ring (bicyclic) bond motifs is 1. The van der Waals surface area contributed by atoms with E-state index in [1.54, 1.807) is 5.70 Å². The Balaban J connectivity index is 1.75. The molecule has 5 fully saturated rings. The van der Waals surface area contributed by atoms with Gasteiger partial charge in [0, 0.05) is 5.70 Å². The number of hydrogen-bond donors (Lipinski definition) is 0. The highest BCUT2D eigenvalue weighted by Gasteiger charge is 2.86. The zero-order chi connectivity index (χ0) is 9.29. The molecular weight excluding hydrogens is 170 g/mol. The maximum atomic E-state index is 2.83. The van der Waals surface area contributed by atoms with Crippen LogP contribution in [0.15, 0.2) is 11.3 Å². The molecule has 14 heavy (non-hydrogen) atoms. The van der Waals surface area contributed by atoms with Gasteiger partial charge in [-0.25, -0.2) is 0 Å². The predicted octanol–water partition coefficient (Wildman–Crippen LogP) is 2.54. The molecule has 0 radical (unpaired) electrons. The Hall–Kier alpha value is -0.460. The van der Waals surface area contributed by atoms with Gasteiger partial charge in [0.05, 0.1) is 11.6 Å². The van der Waals surface area contributed by atoms with Gasteiger partial charge in [0.15, 0.2) is 0 Å². The smallest absolute Gasteiger partial charge is 0.0695 e. The van der Waals surface area contributed by atoms with Gasteiger partial charge in [0.1, 0.15) is 0 Å². The lowest BCUT2D eigenvalue weighted by atomic mass is 9.70. The fourth-order valence-corrected chi connectivity index (χ4v) is 6.14.